The molecule has 1 aromatic heterocycles. The van der Waals surface area contributed by atoms with Crippen LogP contribution < -0.4 is 5.69 Å². The van der Waals surface area contributed by atoms with E-state index in [0.717, 1.165) is 0 Å². The fourth-order valence-corrected chi connectivity index (χ4v) is 1.53. The van der Waals surface area contributed by atoms with Gasteiger partial charge in [0.1, 0.15) is 5.69 Å². The summed E-state index contributed by atoms with van der Waals surface area (Å²) >= 11 is 0. The first-order valence-electron chi connectivity index (χ1n) is 5.12. The normalized spacial score (nSPS) is 11.6. The largest absolute Gasteiger partial charge is 0.464 e. The number of esters is 1. The van der Waals surface area contributed by atoms with Gasteiger partial charge in [-0.15, -0.1) is 0 Å². The molecule has 0 spiro atoms. The molecule has 0 aromatic carbocycles. The third kappa shape index (κ3) is 2.53. The van der Waals surface area contributed by atoms with Crippen LogP contribution in [0.3, 0.4) is 0 Å². The number of rotatable bonds is 2. The molecule has 90 valence electrons. The first-order chi connectivity index (χ1) is 7.26. The summed E-state index contributed by atoms with van der Waals surface area (Å²) in [5.74, 6) is -0.503. The molecule has 0 bridgehead atoms. The summed E-state index contributed by atoms with van der Waals surface area (Å²) in [6.07, 6.45) is 0.632. The fraction of sp³-hybridized carbons (Fsp3) is 0.636. The van der Waals surface area contributed by atoms with Crippen LogP contribution in [0.4, 0.5) is 0 Å². The number of carbonyl (C=O) groups is 1. The second-order valence-electron chi connectivity index (χ2n) is 5.04. The Balaban J connectivity index is 3.25. The number of aromatic amines is 1. The minimum absolute atomic E-state index is 0.00480. The Kier molecular flexibility index (Phi) is 3.26. The number of nitrogens with zero attached hydrogens (tertiary/aromatic N) is 1. The molecular weight excluding hydrogens is 208 g/mol. The van der Waals surface area contributed by atoms with E-state index in [1.807, 2.05) is 20.8 Å². The van der Waals surface area contributed by atoms with Crippen LogP contribution in [0.5, 0.6) is 0 Å². The Hall–Kier alpha value is -1.52. The predicted molar refractivity (Wildman–Crippen MR) is 60.5 cm³/mol. The smallest absolute Gasteiger partial charge is 0.356 e. The van der Waals surface area contributed by atoms with Crippen molar-refractivity contribution >= 4 is 5.97 Å². The number of carbonyl (C=O) groups excluding carboxylic acids is 1. The van der Waals surface area contributed by atoms with Crippen LogP contribution in [0.1, 0.15) is 37.0 Å². The van der Waals surface area contributed by atoms with Gasteiger partial charge in [-0.1, -0.05) is 20.8 Å². The highest BCUT2D eigenvalue weighted by molar-refractivity contribution is 5.88. The molecule has 0 unspecified atom stereocenters. The van der Waals surface area contributed by atoms with E-state index in [1.54, 1.807) is 7.05 Å². The van der Waals surface area contributed by atoms with Gasteiger partial charge >= 0.3 is 11.7 Å². The maximum atomic E-state index is 11.5. The number of hydrogen-bond donors (Lipinski definition) is 1. The molecule has 0 saturated carbocycles. The minimum atomic E-state index is -0.503. The van der Waals surface area contributed by atoms with Crippen molar-refractivity contribution in [2.45, 2.75) is 27.2 Å². The van der Waals surface area contributed by atoms with E-state index in [-0.39, 0.29) is 16.8 Å². The van der Waals surface area contributed by atoms with Crippen molar-refractivity contribution < 1.29 is 9.53 Å². The summed E-state index contributed by atoms with van der Waals surface area (Å²) in [6.45, 7) is 6.14. The average Bonchev–Trinajstić information content (AvgIpc) is 2.43. The molecular formula is C11H18N2O3. The maximum Gasteiger partial charge on any atom is 0.356 e. The Morgan fingerprint density at radius 2 is 2.00 bits per heavy atom. The first kappa shape index (κ1) is 12.5. The Bertz CT molecular complexity index is 449. The van der Waals surface area contributed by atoms with Gasteiger partial charge in [-0.25, -0.2) is 9.59 Å². The molecule has 5 nitrogen and oxygen atoms in total. The molecule has 0 fully saturated rings. The molecule has 1 rings (SSSR count). The molecule has 1 aromatic rings. The van der Waals surface area contributed by atoms with Crippen LogP contribution >= 0.6 is 0 Å². The van der Waals surface area contributed by atoms with Crippen LogP contribution in [0, 0.1) is 5.41 Å². The third-order valence-corrected chi connectivity index (χ3v) is 2.32. The van der Waals surface area contributed by atoms with E-state index in [2.05, 4.69) is 9.72 Å². The van der Waals surface area contributed by atoms with Crippen LogP contribution in [0.2, 0.25) is 0 Å². The standard InChI is InChI=1S/C11H18N2O3/c1-11(2,3)6-7-8(9(14)16-5)12-10(15)13(7)4/h6H2,1-5H3,(H,12,15). The van der Waals surface area contributed by atoms with Crippen LogP contribution in [-0.2, 0) is 18.2 Å². The van der Waals surface area contributed by atoms with E-state index < -0.39 is 5.97 Å². The monoisotopic (exact) mass is 226 g/mol. The van der Waals surface area contributed by atoms with Crippen LogP contribution in [-0.4, -0.2) is 22.6 Å². The van der Waals surface area contributed by atoms with Gasteiger partial charge in [-0.2, -0.15) is 0 Å². The minimum Gasteiger partial charge on any atom is -0.464 e. The second kappa shape index (κ2) is 4.15. The summed E-state index contributed by atoms with van der Waals surface area (Å²) in [7, 11) is 2.95. The molecule has 0 atom stereocenters. The molecule has 0 amide bonds. The highest BCUT2D eigenvalue weighted by Crippen LogP contribution is 2.21. The van der Waals surface area contributed by atoms with Crippen LogP contribution in [0.25, 0.3) is 0 Å². The SMILES string of the molecule is COC(=O)c1[nH]c(=O)n(C)c1CC(C)(C)C. The first-order valence-corrected chi connectivity index (χ1v) is 5.12. The van der Waals surface area contributed by atoms with Gasteiger partial charge in [0.25, 0.3) is 0 Å². The lowest BCUT2D eigenvalue weighted by atomic mass is 9.90. The van der Waals surface area contributed by atoms with Gasteiger partial charge in [0.15, 0.2) is 0 Å². The topological polar surface area (TPSA) is 64.1 Å². The van der Waals surface area contributed by atoms with Gasteiger partial charge in [0.05, 0.1) is 12.8 Å². The van der Waals surface area contributed by atoms with Gasteiger partial charge in [0, 0.05) is 7.05 Å². The molecule has 1 heterocycles. The molecule has 0 aliphatic rings. The fourth-order valence-electron chi connectivity index (χ4n) is 1.53. The number of methoxy groups -OCH3 is 1. The van der Waals surface area contributed by atoms with Gasteiger partial charge in [-0.05, 0) is 11.8 Å². The zero-order valence-electron chi connectivity index (χ0n) is 10.4. The number of nitrogens with one attached hydrogen (secondary N) is 1. The Labute approximate surface area is 94.4 Å². The van der Waals surface area contributed by atoms with E-state index in [4.69, 9.17) is 0 Å². The number of aromatic nitrogens is 2. The summed E-state index contributed by atoms with van der Waals surface area (Å²) in [6, 6.07) is 0. The lowest BCUT2D eigenvalue weighted by Crippen LogP contribution is -2.19. The number of hydrogen-bond acceptors (Lipinski definition) is 3. The van der Waals surface area contributed by atoms with Gasteiger partial charge < -0.3 is 4.74 Å². The van der Waals surface area contributed by atoms with Crippen molar-refractivity contribution in [2.24, 2.45) is 12.5 Å². The number of H-pyrrole nitrogens is 1. The lowest BCUT2D eigenvalue weighted by molar-refractivity contribution is 0.0592. The molecule has 1 N–H and O–H groups in total. The van der Waals surface area contributed by atoms with E-state index >= 15 is 0 Å². The van der Waals surface area contributed by atoms with Crippen molar-refractivity contribution in [2.75, 3.05) is 7.11 Å². The van der Waals surface area contributed by atoms with Crippen molar-refractivity contribution in [3.63, 3.8) is 0 Å². The summed E-state index contributed by atoms with van der Waals surface area (Å²) in [5.41, 5.74) is 0.642. The van der Waals surface area contributed by atoms with Gasteiger partial charge in [-0.3, -0.25) is 9.55 Å². The molecule has 0 radical (unpaired) electrons. The van der Waals surface area contributed by atoms with E-state index in [0.29, 0.717) is 12.1 Å². The molecule has 0 aliphatic carbocycles. The zero-order chi connectivity index (χ0) is 12.5. The van der Waals surface area contributed by atoms with E-state index in [1.165, 1.54) is 11.7 Å². The summed E-state index contributed by atoms with van der Waals surface area (Å²) in [4.78, 5) is 25.5. The third-order valence-electron chi connectivity index (χ3n) is 2.32. The number of ether oxygens (including phenoxy) is 1. The second-order valence-corrected chi connectivity index (χ2v) is 5.04. The number of imidazole rings is 1. The van der Waals surface area contributed by atoms with Crippen molar-refractivity contribution in [3.8, 4) is 0 Å². The quantitative estimate of drug-likeness (QED) is 0.768. The Morgan fingerprint density at radius 1 is 1.44 bits per heavy atom. The van der Waals surface area contributed by atoms with Crippen LogP contribution in [0.15, 0.2) is 4.79 Å². The summed E-state index contributed by atoms with van der Waals surface area (Å²) < 4.78 is 6.09. The van der Waals surface area contributed by atoms with Crippen molar-refractivity contribution in [1.82, 2.24) is 9.55 Å². The van der Waals surface area contributed by atoms with Crippen molar-refractivity contribution in [3.05, 3.63) is 21.9 Å². The zero-order valence-corrected chi connectivity index (χ0v) is 10.4. The van der Waals surface area contributed by atoms with Crippen molar-refractivity contribution in [1.29, 1.82) is 0 Å². The summed E-state index contributed by atoms with van der Waals surface area (Å²) in [5, 5.41) is 0. The highest BCUT2D eigenvalue weighted by Gasteiger charge is 2.23. The highest BCUT2D eigenvalue weighted by atomic mass is 16.5. The molecule has 5 heteroatoms. The van der Waals surface area contributed by atoms with E-state index in [9.17, 15) is 9.59 Å². The lowest BCUT2D eigenvalue weighted by Gasteiger charge is -2.18. The average molecular weight is 226 g/mol. The van der Waals surface area contributed by atoms with Gasteiger partial charge in [0.2, 0.25) is 0 Å². The molecule has 16 heavy (non-hydrogen) atoms. The maximum absolute atomic E-state index is 11.5. The molecule has 0 aliphatic heterocycles. The Morgan fingerprint density at radius 3 is 2.44 bits per heavy atom. The molecule has 0 saturated heterocycles. The predicted octanol–water partition coefficient (Wildman–Crippen LogP) is 1.09.